The van der Waals surface area contributed by atoms with Gasteiger partial charge in [0, 0.05) is 29.1 Å². The van der Waals surface area contributed by atoms with E-state index in [1.54, 1.807) is 12.1 Å². The molecule has 0 aliphatic rings. The van der Waals surface area contributed by atoms with Crippen molar-refractivity contribution in [3.63, 3.8) is 0 Å². The van der Waals surface area contributed by atoms with Crippen LogP contribution in [0.3, 0.4) is 0 Å². The monoisotopic (exact) mass is 414 g/mol. The Hall–Kier alpha value is -0.150. The fraction of sp³-hybridized carbons (Fsp3) is 0.455. The molecule has 19 heavy (non-hydrogen) atoms. The fourth-order valence-electron chi connectivity index (χ4n) is 1.47. The predicted octanol–water partition coefficient (Wildman–Crippen LogP) is 2.45. The van der Waals surface area contributed by atoms with Gasteiger partial charge < -0.3 is 10.5 Å². The molecule has 5 nitrogen and oxygen atoms in total. The van der Waals surface area contributed by atoms with Crippen LogP contribution in [0.1, 0.15) is 6.92 Å². The average Bonchev–Trinajstić information content (AvgIpc) is 2.27. The number of sulfonamides is 1. The number of likely N-dealkylation sites (N-methyl/N-ethyl adjacent to an activating group) is 1. The van der Waals surface area contributed by atoms with E-state index in [4.69, 9.17) is 10.5 Å². The molecule has 8 heteroatoms. The molecule has 0 atom stereocenters. The van der Waals surface area contributed by atoms with Gasteiger partial charge in [0.1, 0.15) is 4.90 Å². The van der Waals surface area contributed by atoms with Gasteiger partial charge in [0.25, 0.3) is 0 Å². The summed E-state index contributed by atoms with van der Waals surface area (Å²) in [5, 5.41) is 0. The summed E-state index contributed by atoms with van der Waals surface area (Å²) >= 11 is 6.50. The Morgan fingerprint density at radius 3 is 2.53 bits per heavy atom. The van der Waals surface area contributed by atoms with Crippen molar-refractivity contribution in [1.29, 1.82) is 0 Å². The van der Waals surface area contributed by atoms with Gasteiger partial charge in [0.05, 0.1) is 12.3 Å². The first-order valence-corrected chi connectivity index (χ1v) is 8.62. The van der Waals surface area contributed by atoms with Gasteiger partial charge in [-0.1, -0.05) is 15.9 Å². The normalized spacial score (nSPS) is 12.1. The summed E-state index contributed by atoms with van der Waals surface area (Å²) in [5.74, 6) is 0. The molecule has 0 aromatic heterocycles. The molecule has 0 aliphatic heterocycles. The number of nitrogens with zero attached hydrogens (tertiary/aromatic N) is 1. The summed E-state index contributed by atoms with van der Waals surface area (Å²) < 4.78 is 32.4. The number of ether oxygens (including phenoxy) is 1. The zero-order chi connectivity index (χ0) is 14.6. The van der Waals surface area contributed by atoms with Gasteiger partial charge in [-0.2, -0.15) is 4.31 Å². The van der Waals surface area contributed by atoms with Crippen LogP contribution in [0, 0.1) is 0 Å². The topological polar surface area (TPSA) is 72.6 Å². The molecule has 0 saturated heterocycles. The molecular formula is C11H16Br2N2O3S. The fourth-order valence-corrected chi connectivity index (χ4v) is 4.63. The Balaban J connectivity index is 3.07. The second-order valence-corrected chi connectivity index (χ2v) is 7.58. The Kier molecular flexibility index (Phi) is 6.25. The molecule has 0 saturated carbocycles. The highest BCUT2D eigenvalue weighted by Gasteiger charge is 2.26. The lowest BCUT2D eigenvalue weighted by Gasteiger charge is -2.19. The second kappa shape index (κ2) is 7.03. The van der Waals surface area contributed by atoms with Crippen molar-refractivity contribution < 1.29 is 13.2 Å². The molecule has 0 aliphatic carbocycles. The van der Waals surface area contributed by atoms with Gasteiger partial charge in [-0.05, 0) is 35.0 Å². The van der Waals surface area contributed by atoms with E-state index in [9.17, 15) is 8.42 Å². The molecule has 0 spiro atoms. The van der Waals surface area contributed by atoms with E-state index in [0.717, 1.165) is 0 Å². The van der Waals surface area contributed by atoms with E-state index >= 15 is 0 Å². The molecule has 1 aromatic rings. The van der Waals surface area contributed by atoms with E-state index in [1.165, 1.54) is 11.4 Å². The number of anilines is 1. The zero-order valence-electron chi connectivity index (χ0n) is 10.7. The predicted molar refractivity (Wildman–Crippen MR) is 82.6 cm³/mol. The molecule has 1 rings (SSSR count). The van der Waals surface area contributed by atoms with Gasteiger partial charge >= 0.3 is 0 Å². The van der Waals surface area contributed by atoms with Crippen molar-refractivity contribution in [2.75, 3.05) is 32.5 Å². The first-order valence-electron chi connectivity index (χ1n) is 5.59. The van der Waals surface area contributed by atoms with Gasteiger partial charge in [0.2, 0.25) is 10.0 Å². The first kappa shape index (κ1) is 16.9. The lowest BCUT2D eigenvalue weighted by atomic mass is 10.3. The summed E-state index contributed by atoms with van der Waals surface area (Å²) in [6.07, 6.45) is 0. The molecule has 0 fully saturated rings. The molecule has 0 heterocycles. The maximum Gasteiger partial charge on any atom is 0.246 e. The van der Waals surface area contributed by atoms with Crippen LogP contribution in [0.25, 0.3) is 0 Å². The number of rotatable bonds is 6. The highest BCUT2D eigenvalue weighted by atomic mass is 79.9. The number of halogens is 2. The van der Waals surface area contributed by atoms with E-state index in [0.29, 0.717) is 22.2 Å². The lowest BCUT2D eigenvalue weighted by Crippen LogP contribution is -2.31. The van der Waals surface area contributed by atoms with Crippen LogP contribution in [-0.4, -0.2) is 39.5 Å². The zero-order valence-corrected chi connectivity index (χ0v) is 14.7. The molecule has 0 amide bonds. The van der Waals surface area contributed by atoms with Crippen molar-refractivity contribution in [3.05, 3.63) is 21.1 Å². The van der Waals surface area contributed by atoms with Crippen molar-refractivity contribution in [3.8, 4) is 0 Å². The third kappa shape index (κ3) is 4.16. The summed E-state index contributed by atoms with van der Waals surface area (Å²) in [7, 11) is -2.13. The lowest BCUT2D eigenvalue weighted by molar-refractivity contribution is 0.138. The molecule has 1 aromatic carbocycles. The van der Waals surface area contributed by atoms with Crippen molar-refractivity contribution >= 4 is 47.6 Å². The van der Waals surface area contributed by atoms with Crippen LogP contribution in [0.15, 0.2) is 26.0 Å². The van der Waals surface area contributed by atoms with Crippen LogP contribution >= 0.6 is 31.9 Å². The van der Waals surface area contributed by atoms with E-state index in [1.807, 2.05) is 6.92 Å². The Morgan fingerprint density at radius 1 is 1.37 bits per heavy atom. The minimum absolute atomic E-state index is 0.0784. The van der Waals surface area contributed by atoms with Crippen molar-refractivity contribution in [2.45, 2.75) is 11.8 Å². The van der Waals surface area contributed by atoms with Crippen molar-refractivity contribution in [1.82, 2.24) is 4.31 Å². The number of hydrogen-bond acceptors (Lipinski definition) is 4. The van der Waals surface area contributed by atoms with E-state index in [2.05, 4.69) is 31.9 Å². The second-order valence-electron chi connectivity index (χ2n) is 3.83. The third-order valence-corrected chi connectivity index (χ3v) is 5.78. The smallest absolute Gasteiger partial charge is 0.246 e. The summed E-state index contributed by atoms with van der Waals surface area (Å²) in [5.41, 5.74) is 6.00. The third-order valence-electron chi connectivity index (χ3n) is 2.46. The molecular weight excluding hydrogens is 400 g/mol. The maximum absolute atomic E-state index is 12.4. The number of nitrogen functional groups attached to an aromatic ring is 1. The van der Waals surface area contributed by atoms with Gasteiger partial charge in [-0.3, -0.25) is 0 Å². The van der Waals surface area contributed by atoms with Crippen LogP contribution in [-0.2, 0) is 14.8 Å². The maximum atomic E-state index is 12.4. The SMILES string of the molecule is CCOCCN(C)S(=O)(=O)c1c(N)cc(Br)cc1Br. The number of benzene rings is 1. The van der Waals surface area contributed by atoms with Crippen LogP contribution in [0.5, 0.6) is 0 Å². The van der Waals surface area contributed by atoms with E-state index < -0.39 is 10.0 Å². The average molecular weight is 416 g/mol. The standard InChI is InChI=1S/C11H16Br2N2O3S/c1-3-18-5-4-15(2)19(16,17)11-9(13)6-8(12)7-10(11)14/h6-7H,3-5,14H2,1-2H3. The number of nitrogens with two attached hydrogens (primary N) is 1. The highest BCUT2D eigenvalue weighted by molar-refractivity contribution is 9.11. The van der Waals surface area contributed by atoms with Crippen molar-refractivity contribution in [2.24, 2.45) is 0 Å². The van der Waals surface area contributed by atoms with Gasteiger partial charge in [0.15, 0.2) is 0 Å². The highest BCUT2D eigenvalue weighted by Crippen LogP contribution is 2.33. The van der Waals surface area contributed by atoms with Gasteiger partial charge in [-0.15, -0.1) is 0 Å². The molecule has 0 radical (unpaired) electrons. The molecule has 0 bridgehead atoms. The molecule has 108 valence electrons. The largest absolute Gasteiger partial charge is 0.398 e. The Labute approximate surface area is 130 Å². The quantitative estimate of drug-likeness (QED) is 0.572. The van der Waals surface area contributed by atoms with Crippen LogP contribution < -0.4 is 5.73 Å². The Bertz CT molecular complexity index is 526. The summed E-state index contributed by atoms with van der Waals surface area (Å²) in [6, 6.07) is 3.22. The van der Waals surface area contributed by atoms with Crippen LogP contribution in [0.4, 0.5) is 5.69 Å². The van der Waals surface area contributed by atoms with Crippen LogP contribution in [0.2, 0.25) is 0 Å². The summed E-state index contributed by atoms with van der Waals surface area (Å²) in [6.45, 7) is 3.04. The number of hydrogen-bond donors (Lipinski definition) is 1. The first-order chi connectivity index (χ1) is 8.80. The van der Waals surface area contributed by atoms with Gasteiger partial charge in [-0.25, -0.2) is 8.42 Å². The molecule has 2 N–H and O–H groups in total. The Morgan fingerprint density at radius 2 is 2.00 bits per heavy atom. The summed E-state index contributed by atoms with van der Waals surface area (Å²) in [4.78, 5) is 0.0784. The minimum atomic E-state index is -3.64. The minimum Gasteiger partial charge on any atom is -0.398 e. The van der Waals surface area contributed by atoms with E-state index in [-0.39, 0.29) is 17.1 Å². The molecule has 0 unspecified atom stereocenters.